The molecule has 5 nitrogen and oxygen atoms in total. The molecule has 0 aliphatic heterocycles. The molecule has 2 heterocycles. The fourth-order valence-electron chi connectivity index (χ4n) is 2.41. The maximum absolute atomic E-state index is 11.4. The molecule has 0 aliphatic rings. The van der Waals surface area contributed by atoms with E-state index in [0.717, 1.165) is 16.8 Å². The predicted octanol–water partition coefficient (Wildman–Crippen LogP) is 3.65. The van der Waals surface area contributed by atoms with Crippen LogP contribution < -0.4 is 0 Å². The topological polar surface area (TPSA) is 68.3 Å². The molecule has 0 atom stereocenters. The van der Waals surface area contributed by atoms with Gasteiger partial charge in [-0.15, -0.1) is 0 Å². The maximum Gasteiger partial charge on any atom is 0.372 e. The van der Waals surface area contributed by atoms with Crippen molar-refractivity contribution >= 4 is 28.5 Å². The van der Waals surface area contributed by atoms with E-state index in [-0.39, 0.29) is 5.76 Å². The molecule has 2 aromatic heterocycles. The number of furan rings is 1. The normalized spacial score (nSPS) is 11.2. The van der Waals surface area contributed by atoms with Crippen LogP contribution in [0.3, 0.4) is 0 Å². The second-order valence-electron chi connectivity index (χ2n) is 4.85. The van der Waals surface area contributed by atoms with Crippen LogP contribution in [0.4, 0.5) is 0 Å². The summed E-state index contributed by atoms with van der Waals surface area (Å²) in [6.07, 6.45) is 0. The van der Waals surface area contributed by atoms with Gasteiger partial charge in [0.1, 0.15) is 5.58 Å². The number of fused-ring (bicyclic) bond motifs is 1. The number of aryl methyl sites for hydroxylation is 1. The Bertz CT molecular complexity index is 848. The van der Waals surface area contributed by atoms with Gasteiger partial charge < -0.3 is 9.52 Å². The number of hydrogen-bond acceptors (Lipinski definition) is 3. The number of hydrogen-bond donors (Lipinski definition) is 1. The SMILES string of the molecule is Cc1nn(Cc2c(C(=O)O)oc3ccccc23)c(C)c1Cl. The number of para-hydroxylation sites is 1. The third-order valence-corrected chi connectivity index (χ3v) is 4.04. The van der Waals surface area contributed by atoms with E-state index in [1.54, 1.807) is 16.8 Å². The van der Waals surface area contributed by atoms with Crippen LogP contribution in [0.1, 0.15) is 27.5 Å². The second-order valence-corrected chi connectivity index (χ2v) is 5.23. The van der Waals surface area contributed by atoms with Gasteiger partial charge in [0, 0.05) is 10.9 Å². The van der Waals surface area contributed by atoms with E-state index in [1.807, 2.05) is 26.0 Å². The molecule has 0 saturated carbocycles. The van der Waals surface area contributed by atoms with Gasteiger partial charge in [-0.1, -0.05) is 29.8 Å². The van der Waals surface area contributed by atoms with E-state index in [9.17, 15) is 9.90 Å². The first kappa shape index (κ1) is 13.7. The Labute approximate surface area is 125 Å². The van der Waals surface area contributed by atoms with Crippen molar-refractivity contribution in [2.24, 2.45) is 0 Å². The number of rotatable bonds is 3. The summed E-state index contributed by atoms with van der Waals surface area (Å²) in [6.45, 7) is 3.97. The summed E-state index contributed by atoms with van der Waals surface area (Å²) in [5.41, 5.74) is 2.67. The van der Waals surface area contributed by atoms with Crippen LogP contribution in [0, 0.1) is 13.8 Å². The molecular weight excluding hydrogens is 292 g/mol. The average molecular weight is 305 g/mol. The number of carboxylic acid groups (broad SMARTS) is 1. The molecule has 6 heteroatoms. The van der Waals surface area contributed by atoms with Gasteiger partial charge in [0.2, 0.25) is 5.76 Å². The van der Waals surface area contributed by atoms with E-state index in [0.29, 0.717) is 22.7 Å². The minimum Gasteiger partial charge on any atom is -0.475 e. The summed E-state index contributed by atoms with van der Waals surface area (Å²) >= 11 is 6.14. The van der Waals surface area contributed by atoms with Crippen LogP contribution in [0.15, 0.2) is 28.7 Å². The Morgan fingerprint density at radius 1 is 1.38 bits per heavy atom. The van der Waals surface area contributed by atoms with E-state index >= 15 is 0 Å². The van der Waals surface area contributed by atoms with Crippen molar-refractivity contribution in [2.75, 3.05) is 0 Å². The monoisotopic (exact) mass is 304 g/mol. The first-order valence-electron chi connectivity index (χ1n) is 6.42. The van der Waals surface area contributed by atoms with Gasteiger partial charge in [0.15, 0.2) is 0 Å². The summed E-state index contributed by atoms with van der Waals surface area (Å²) in [7, 11) is 0. The Hall–Kier alpha value is -2.27. The summed E-state index contributed by atoms with van der Waals surface area (Å²) in [4.78, 5) is 11.4. The van der Waals surface area contributed by atoms with Crippen LogP contribution in [-0.4, -0.2) is 20.9 Å². The maximum atomic E-state index is 11.4. The lowest BCUT2D eigenvalue weighted by Gasteiger charge is -2.04. The Morgan fingerprint density at radius 3 is 2.71 bits per heavy atom. The Balaban J connectivity index is 2.17. The number of nitrogens with zero attached hydrogens (tertiary/aromatic N) is 2. The largest absolute Gasteiger partial charge is 0.475 e. The number of benzene rings is 1. The molecule has 1 aromatic carbocycles. The fraction of sp³-hybridized carbons (Fsp3) is 0.200. The zero-order valence-corrected chi connectivity index (χ0v) is 12.3. The fourth-order valence-corrected chi connectivity index (χ4v) is 2.54. The number of halogens is 1. The Kier molecular flexibility index (Phi) is 3.22. The highest BCUT2D eigenvalue weighted by atomic mass is 35.5. The quantitative estimate of drug-likeness (QED) is 0.802. The van der Waals surface area contributed by atoms with Crippen LogP contribution in [-0.2, 0) is 6.54 Å². The van der Waals surface area contributed by atoms with Gasteiger partial charge >= 0.3 is 5.97 Å². The predicted molar refractivity (Wildman–Crippen MR) is 79.0 cm³/mol. The van der Waals surface area contributed by atoms with Crippen molar-refractivity contribution in [3.05, 3.63) is 52.0 Å². The van der Waals surface area contributed by atoms with Gasteiger partial charge in [-0.2, -0.15) is 5.10 Å². The number of carboxylic acids is 1. The van der Waals surface area contributed by atoms with Crippen LogP contribution in [0.5, 0.6) is 0 Å². The standard InChI is InChI=1S/C15H13ClN2O3/c1-8-13(16)9(2)18(17-8)7-11-10-5-3-4-6-12(10)21-14(11)15(19)20/h3-6H,7H2,1-2H3,(H,19,20). The van der Waals surface area contributed by atoms with E-state index in [1.165, 1.54) is 0 Å². The molecule has 0 saturated heterocycles. The van der Waals surface area contributed by atoms with Gasteiger partial charge in [0.05, 0.1) is 23.0 Å². The van der Waals surface area contributed by atoms with Gasteiger partial charge in [-0.3, -0.25) is 4.68 Å². The van der Waals surface area contributed by atoms with E-state index < -0.39 is 5.97 Å². The van der Waals surface area contributed by atoms with E-state index in [2.05, 4.69) is 5.10 Å². The minimum atomic E-state index is -1.09. The molecule has 0 fully saturated rings. The summed E-state index contributed by atoms with van der Waals surface area (Å²) in [6, 6.07) is 7.25. The molecule has 108 valence electrons. The van der Waals surface area contributed by atoms with Crippen molar-refractivity contribution in [1.29, 1.82) is 0 Å². The van der Waals surface area contributed by atoms with Crippen LogP contribution >= 0.6 is 11.6 Å². The van der Waals surface area contributed by atoms with Gasteiger partial charge in [0.25, 0.3) is 0 Å². The molecular formula is C15H13ClN2O3. The highest BCUT2D eigenvalue weighted by Gasteiger charge is 2.21. The summed E-state index contributed by atoms with van der Waals surface area (Å²) in [5.74, 6) is -1.14. The smallest absolute Gasteiger partial charge is 0.372 e. The van der Waals surface area contributed by atoms with Crippen LogP contribution in [0.25, 0.3) is 11.0 Å². The Morgan fingerprint density at radius 2 is 2.10 bits per heavy atom. The molecule has 0 radical (unpaired) electrons. The van der Waals surface area contributed by atoms with Crippen LogP contribution in [0.2, 0.25) is 5.02 Å². The lowest BCUT2D eigenvalue weighted by Crippen LogP contribution is -2.07. The number of aromatic carboxylic acids is 1. The lowest BCUT2D eigenvalue weighted by atomic mass is 10.1. The van der Waals surface area contributed by atoms with E-state index in [4.69, 9.17) is 16.0 Å². The summed E-state index contributed by atoms with van der Waals surface area (Å²) < 4.78 is 7.13. The zero-order chi connectivity index (χ0) is 15.1. The van der Waals surface area contributed by atoms with Crippen molar-refractivity contribution in [3.8, 4) is 0 Å². The molecule has 3 aromatic rings. The van der Waals surface area contributed by atoms with Gasteiger partial charge in [-0.25, -0.2) is 4.79 Å². The number of carbonyl (C=O) groups is 1. The molecule has 0 unspecified atom stereocenters. The van der Waals surface area contributed by atoms with Crippen molar-refractivity contribution < 1.29 is 14.3 Å². The molecule has 0 amide bonds. The molecule has 21 heavy (non-hydrogen) atoms. The second kappa shape index (κ2) is 4.93. The molecule has 3 rings (SSSR count). The molecule has 0 aliphatic carbocycles. The average Bonchev–Trinajstić information content (AvgIpc) is 2.94. The molecule has 0 spiro atoms. The van der Waals surface area contributed by atoms with Gasteiger partial charge in [-0.05, 0) is 19.9 Å². The first-order chi connectivity index (χ1) is 9.99. The lowest BCUT2D eigenvalue weighted by molar-refractivity contribution is 0.0663. The first-order valence-corrected chi connectivity index (χ1v) is 6.80. The molecule has 0 bridgehead atoms. The highest BCUT2D eigenvalue weighted by Crippen LogP contribution is 2.28. The number of aromatic nitrogens is 2. The zero-order valence-electron chi connectivity index (χ0n) is 11.6. The van der Waals surface area contributed by atoms with Crippen molar-refractivity contribution in [3.63, 3.8) is 0 Å². The third-order valence-electron chi connectivity index (χ3n) is 3.49. The van der Waals surface area contributed by atoms with Crippen molar-refractivity contribution in [1.82, 2.24) is 9.78 Å². The summed E-state index contributed by atoms with van der Waals surface area (Å²) in [5, 5.41) is 15.0. The third kappa shape index (κ3) is 2.19. The molecule has 1 N–H and O–H groups in total. The highest BCUT2D eigenvalue weighted by molar-refractivity contribution is 6.31. The van der Waals surface area contributed by atoms with Crippen molar-refractivity contribution in [2.45, 2.75) is 20.4 Å². The minimum absolute atomic E-state index is 0.0557.